The van der Waals surface area contributed by atoms with E-state index in [0.29, 0.717) is 31.1 Å². The van der Waals surface area contributed by atoms with Gasteiger partial charge in [-0.05, 0) is 50.5 Å². The van der Waals surface area contributed by atoms with Gasteiger partial charge in [0.25, 0.3) is 5.91 Å². The minimum Gasteiger partial charge on any atom is -0.494 e. The highest BCUT2D eigenvalue weighted by Gasteiger charge is 2.19. The number of aliphatic carboxylic acids is 1. The zero-order valence-electron chi connectivity index (χ0n) is 14.4. The number of amides is 1. The van der Waals surface area contributed by atoms with Crippen molar-refractivity contribution in [3.05, 3.63) is 24.3 Å². The van der Waals surface area contributed by atoms with E-state index in [1.807, 2.05) is 0 Å². The zero-order chi connectivity index (χ0) is 18.1. The molecule has 1 saturated heterocycles. The van der Waals surface area contributed by atoms with Gasteiger partial charge >= 0.3 is 5.97 Å². The average Bonchev–Trinajstić information content (AvgIpc) is 3.11. The zero-order valence-corrected chi connectivity index (χ0v) is 14.4. The Morgan fingerprint density at radius 3 is 2.76 bits per heavy atom. The summed E-state index contributed by atoms with van der Waals surface area (Å²) in [6.07, 6.45) is 2.08. The maximum absolute atomic E-state index is 12.1. The van der Waals surface area contributed by atoms with E-state index >= 15 is 0 Å². The SMILES string of the molecule is CC(OCC1CCCO1)C(=O)Nc1ccc(OCCCC(=O)O)cc1. The molecule has 1 aliphatic rings. The molecule has 1 fully saturated rings. The van der Waals surface area contributed by atoms with Crippen molar-refractivity contribution in [2.24, 2.45) is 0 Å². The molecule has 1 aromatic rings. The van der Waals surface area contributed by atoms with Crippen LogP contribution in [0.5, 0.6) is 5.75 Å². The van der Waals surface area contributed by atoms with E-state index in [1.165, 1.54) is 0 Å². The first kappa shape index (κ1) is 19.2. The maximum Gasteiger partial charge on any atom is 0.303 e. The number of carbonyl (C=O) groups is 2. The van der Waals surface area contributed by atoms with Crippen molar-refractivity contribution in [2.45, 2.75) is 44.8 Å². The molecule has 2 atom stereocenters. The first-order valence-electron chi connectivity index (χ1n) is 8.53. The molecule has 0 radical (unpaired) electrons. The Balaban J connectivity index is 1.69. The van der Waals surface area contributed by atoms with E-state index in [-0.39, 0.29) is 18.4 Å². The normalized spacial score (nSPS) is 17.9. The van der Waals surface area contributed by atoms with Gasteiger partial charge in [-0.2, -0.15) is 0 Å². The van der Waals surface area contributed by atoms with Gasteiger partial charge in [0.2, 0.25) is 0 Å². The second-order valence-corrected chi connectivity index (χ2v) is 5.97. The molecule has 138 valence electrons. The predicted molar refractivity (Wildman–Crippen MR) is 91.8 cm³/mol. The van der Waals surface area contributed by atoms with Crippen molar-refractivity contribution < 1.29 is 28.9 Å². The van der Waals surface area contributed by atoms with Crippen LogP contribution in [0.25, 0.3) is 0 Å². The standard InChI is InChI=1S/C18H25NO6/c1-13(25-12-16-4-2-10-24-16)18(22)19-14-6-8-15(9-7-14)23-11-3-5-17(20)21/h6-9,13,16H,2-5,10-12H2,1H3,(H,19,22)(H,20,21). The van der Waals surface area contributed by atoms with Gasteiger partial charge in [-0.3, -0.25) is 9.59 Å². The Labute approximate surface area is 147 Å². The van der Waals surface area contributed by atoms with Crippen molar-refractivity contribution in [2.75, 3.05) is 25.1 Å². The molecule has 0 aromatic heterocycles. The largest absolute Gasteiger partial charge is 0.494 e. The Morgan fingerprint density at radius 1 is 1.36 bits per heavy atom. The number of hydrogen-bond donors (Lipinski definition) is 2. The molecular formula is C18H25NO6. The fourth-order valence-electron chi connectivity index (χ4n) is 2.39. The highest BCUT2D eigenvalue weighted by Crippen LogP contribution is 2.17. The van der Waals surface area contributed by atoms with E-state index in [0.717, 1.165) is 19.4 Å². The van der Waals surface area contributed by atoms with Crippen molar-refractivity contribution in [1.29, 1.82) is 0 Å². The van der Waals surface area contributed by atoms with Crippen LogP contribution in [0.1, 0.15) is 32.6 Å². The van der Waals surface area contributed by atoms with E-state index in [9.17, 15) is 9.59 Å². The van der Waals surface area contributed by atoms with Crippen LogP contribution in [0.3, 0.4) is 0 Å². The topological polar surface area (TPSA) is 94.1 Å². The molecule has 7 nitrogen and oxygen atoms in total. The number of ether oxygens (including phenoxy) is 3. The van der Waals surface area contributed by atoms with Gasteiger partial charge in [-0.1, -0.05) is 0 Å². The summed E-state index contributed by atoms with van der Waals surface area (Å²) in [4.78, 5) is 22.5. The second kappa shape index (κ2) is 10.0. The van der Waals surface area contributed by atoms with E-state index in [4.69, 9.17) is 19.3 Å². The Morgan fingerprint density at radius 2 is 2.12 bits per heavy atom. The van der Waals surface area contributed by atoms with Crippen molar-refractivity contribution in [3.8, 4) is 5.75 Å². The number of carboxylic acids is 1. The molecular weight excluding hydrogens is 326 g/mol. The lowest BCUT2D eigenvalue weighted by molar-refractivity contribution is -0.137. The summed E-state index contributed by atoms with van der Waals surface area (Å²) >= 11 is 0. The van der Waals surface area contributed by atoms with Gasteiger partial charge in [0.1, 0.15) is 11.9 Å². The lowest BCUT2D eigenvalue weighted by Crippen LogP contribution is -2.30. The second-order valence-electron chi connectivity index (χ2n) is 5.97. The Hall–Kier alpha value is -2.12. The number of carbonyl (C=O) groups excluding carboxylic acids is 1. The number of benzene rings is 1. The Bertz CT molecular complexity index is 553. The van der Waals surface area contributed by atoms with Crippen molar-refractivity contribution >= 4 is 17.6 Å². The van der Waals surface area contributed by atoms with Gasteiger partial charge < -0.3 is 24.6 Å². The molecule has 0 spiro atoms. The van der Waals surface area contributed by atoms with E-state index in [2.05, 4.69) is 5.32 Å². The van der Waals surface area contributed by atoms with Crippen LogP contribution in [0.15, 0.2) is 24.3 Å². The molecule has 0 saturated carbocycles. The van der Waals surface area contributed by atoms with Gasteiger partial charge in [0, 0.05) is 18.7 Å². The summed E-state index contributed by atoms with van der Waals surface area (Å²) in [6.45, 7) is 3.24. The summed E-state index contributed by atoms with van der Waals surface area (Å²) in [5.74, 6) is -0.420. The number of nitrogens with one attached hydrogen (secondary N) is 1. The van der Waals surface area contributed by atoms with Gasteiger partial charge in [-0.15, -0.1) is 0 Å². The highest BCUT2D eigenvalue weighted by molar-refractivity contribution is 5.93. The molecule has 0 bridgehead atoms. The van der Waals surface area contributed by atoms with Crippen LogP contribution in [-0.2, 0) is 19.1 Å². The van der Waals surface area contributed by atoms with Crippen LogP contribution in [0.4, 0.5) is 5.69 Å². The molecule has 1 aliphatic heterocycles. The summed E-state index contributed by atoms with van der Waals surface area (Å²) in [6, 6.07) is 6.93. The molecule has 2 unspecified atom stereocenters. The van der Waals surface area contributed by atoms with Crippen LogP contribution >= 0.6 is 0 Å². The van der Waals surface area contributed by atoms with Crippen LogP contribution < -0.4 is 10.1 Å². The molecule has 7 heteroatoms. The van der Waals surface area contributed by atoms with Gasteiger partial charge in [0.05, 0.1) is 19.3 Å². The molecule has 1 amide bonds. The minimum atomic E-state index is -0.836. The molecule has 1 aromatic carbocycles. The minimum absolute atomic E-state index is 0.0813. The number of anilines is 1. The van der Waals surface area contributed by atoms with Crippen LogP contribution in [0.2, 0.25) is 0 Å². The molecule has 25 heavy (non-hydrogen) atoms. The third-order valence-electron chi connectivity index (χ3n) is 3.85. The van der Waals surface area contributed by atoms with Crippen LogP contribution in [0, 0.1) is 0 Å². The summed E-state index contributed by atoms with van der Waals surface area (Å²) in [5.41, 5.74) is 0.649. The summed E-state index contributed by atoms with van der Waals surface area (Å²) in [5, 5.41) is 11.4. The van der Waals surface area contributed by atoms with E-state index in [1.54, 1.807) is 31.2 Å². The van der Waals surface area contributed by atoms with Crippen molar-refractivity contribution in [1.82, 2.24) is 0 Å². The van der Waals surface area contributed by atoms with Gasteiger partial charge in [0.15, 0.2) is 0 Å². The first-order valence-corrected chi connectivity index (χ1v) is 8.53. The highest BCUT2D eigenvalue weighted by atomic mass is 16.5. The van der Waals surface area contributed by atoms with Gasteiger partial charge in [-0.25, -0.2) is 0 Å². The third-order valence-corrected chi connectivity index (χ3v) is 3.85. The number of rotatable bonds is 10. The number of carboxylic acid groups (broad SMARTS) is 1. The quantitative estimate of drug-likeness (QED) is 0.629. The Kier molecular flexibility index (Phi) is 7.69. The van der Waals surface area contributed by atoms with Crippen LogP contribution in [-0.4, -0.2) is 49.0 Å². The molecule has 2 rings (SSSR count). The average molecular weight is 351 g/mol. The third kappa shape index (κ3) is 7.11. The molecule has 0 aliphatic carbocycles. The maximum atomic E-state index is 12.1. The molecule has 1 heterocycles. The van der Waals surface area contributed by atoms with Crippen molar-refractivity contribution in [3.63, 3.8) is 0 Å². The fourth-order valence-corrected chi connectivity index (χ4v) is 2.39. The smallest absolute Gasteiger partial charge is 0.303 e. The lowest BCUT2D eigenvalue weighted by Gasteiger charge is -2.16. The summed E-state index contributed by atoms with van der Waals surface area (Å²) in [7, 11) is 0. The summed E-state index contributed by atoms with van der Waals surface area (Å²) < 4.78 is 16.5. The monoisotopic (exact) mass is 351 g/mol. The fraction of sp³-hybridized carbons (Fsp3) is 0.556. The lowest BCUT2D eigenvalue weighted by atomic mass is 10.2. The number of hydrogen-bond acceptors (Lipinski definition) is 5. The predicted octanol–water partition coefficient (Wildman–Crippen LogP) is 2.45. The molecule has 2 N–H and O–H groups in total. The van der Waals surface area contributed by atoms with E-state index < -0.39 is 12.1 Å². The first-order chi connectivity index (χ1) is 12.0.